The number of guanidine groups is 1. The molecule has 0 aliphatic carbocycles. The van der Waals surface area contributed by atoms with Crippen molar-refractivity contribution < 1.29 is 14.3 Å². The molecule has 0 aromatic rings. The highest BCUT2D eigenvalue weighted by atomic mass is 16.6. The molecule has 1 fully saturated rings. The van der Waals surface area contributed by atoms with Crippen LogP contribution in [0.3, 0.4) is 0 Å². The number of hydrogen-bond acceptors (Lipinski definition) is 4. The lowest BCUT2D eigenvalue weighted by atomic mass is 10.2. The van der Waals surface area contributed by atoms with Crippen LogP contribution < -0.4 is 10.6 Å². The Balaban J connectivity index is 2.46. The minimum Gasteiger partial charge on any atom is -0.444 e. The third-order valence-electron chi connectivity index (χ3n) is 3.88. The molecule has 2 amide bonds. The summed E-state index contributed by atoms with van der Waals surface area (Å²) in [4.78, 5) is 32.1. The molecular formula is C18H35N5O3. The lowest BCUT2D eigenvalue weighted by molar-refractivity contribution is -0.128. The van der Waals surface area contributed by atoms with Gasteiger partial charge in [-0.3, -0.25) is 4.79 Å². The largest absolute Gasteiger partial charge is 0.444 e. The second-order valence-corrected chi connectivity index (χ2v) is 7.27. The van der Waals surface area contributed by atoms with Crippen LogP contribution >= 0.6 is 0 Å². The lowest BCUT2D eigenvalue weighted by Crippen LogP contribution is -2.44. The fourth-order valence-corrected chi connectivity index (χ4v) is 2.57. The van der Waals surface area contributed by atoms with E-state index in [-0.39, 0.29) is 18.5 Å². The van der Waals surface area contributed by atoms with E-state index in [1.54, 1.807) is 4.90 Å². The molecule has 8 heteroatoms. The zero-order valence-electron chi connectivity index (χ0n) is 16.9. The summed E-state index contributed by atoms with van der Waals surface area (Å²) in [5.41, 5.74) is -0.510. The van der Waals surface area contributed by atoms with Gasteiger partial charge in [-0.1, -0.05) is 0 Å². The summed E-state index contributed by atoms with van der Waals surface area (Å²) in [6.45, 7) is 13.5. The van der Waals surface area contributed by atoms with Gasteiger partial charge in [0, 0.05) is 39.3 Å². The van der Waals surface area contributed by atoms with E-state index in [0.29, 0.717) is 32.1 Å². The molecule has 0 radical (unpaired) electrons. The Labute approximate surface area is 157 Å². The first-order valence-electron chi connectivity index (χ1n) is 9.54. The molecule has 26 heavy (non-hydrogen) atoms. The lowest BCUT2D eigenvalue weighted by Gasteiger charge is -2.26. The molecule has 0 saturated carbocycles. The quantitative estimate of drug-likeness (QED) is 0.524. The number of carbonyl (C=O) groups is 2. The summed E-state index contributed by atoms with van der Waals surface area (Å²) in [6.07, 6.45) is 1.82. The summed E-state index contributed by atoms with van der Waals surface area (Å²) < 4.78 is 5.39. The average molecular weight is 370 g/mol. The van der Waals surface area contributed by atoms with Crippen molar-refractivity contribution in [1.82, 2.24) is 20.4 Å². The van der Waals surface area contributed by atoms with E-state index >= 15 is 0 Å². The van der Waals surface area contributed by atoms with Gasteiger partial charge >= 0.3 is 6.09 Å². The molecule has 8 nitrogen and oxygen atoms in total. The van der Waals surface area contributed by atoms with Gasteiger partial charge in [0.25, 0.3) is 0 Å². The maximum Gasteiger partial charge on any atom is 0.410 e. The van der Waals surface area contributed by atoms with Crippen molar-refractivity contribution in [2.45, 2.75) is 53.1 Å². The highest BCUT2D eigenvalue weighted by Gasteiger charge is 2.21. The van der Waals surface area contributed by atoms with Crippen LogP contribution in [-0.4, -0.2) is 79.2 Å². The average Bonchev–Trinajstić information content (AvgIpc) is 3.09. The first-order chi connectivity index (χ1) is 12.3. The van der Waals surface area contributed by atoms with Crippen molar-refractivity contribution in [3.05, 3.63) is 0 Å². The van der Waals surface area contributed by atoms with Crippen LogP contribution in [0, 0.1) is 0 Å². The van der Waals surface area contributed by atoms with Crippen molar-refractivity contribution in [3.63, 3.8) is 0 Å². The molecule has 150 valence electrons. The van der Waals surface area contributed by atoms with Gasteiger partial charge in [0.1, 0.15) is 12.1 Å². The summed E-state index contributed by atoms with van der Waals surface area (Å²) in [7, 11) is 0. The Kier molecular flexibility index (Phi) is 9.23. The summed E-state index contributed by atoms with van der Waals surface area (Å²) in [5, 5.41) is 6.29. The van der Waals surface area contributed by atoms with Gasteiger partial charge < -0.3 is 25.2 Å². The van der Waals surface area contributed by atoms with Gasteiger partial charge in [-0.25, -0.2) is 9.79 Å². The van der Waals surface area contributed by atoms with Crippen LogP contribution in [0.25, 0.3) is 0 Å². The van der Waals surface area contributed by atoms with E-state index in [0.717, 1.165) is 25.9 Å². The van der Waals surface area contributed by atoms with Gasteiger partial charge in [-0.15, -0.1) is 0 Å². The van der Waals surface area contributed by atoms with Crippen LogP contribution in [0.15, 0.2) is 4.99 Å². The molecule has 1 saturated heterocycles. The second-order valence-electron chi connectivity index (χ2n) is 7.27. The number of amides is 2. The van der Waals surface area contributed by atoms with Crippen LogP contribution in [0.2, 0.25) is 0 Å². The summed E-state index contributed by atoms with van der Waals surface area (Å²) >= 11 is 0. The maximum absolute atomic E-state index is 12.1. The Hall–Kier alpha value is -1.99. The number of likely N-dealkylation sites (N-methyl/N-ethyl adjacent to an activating group) is 1. The smallest absolute Gasteiger partial charge is 0.410 e. The SMILES string of the molecule is CCNC(=NCC(=O)N1CCCC1)NCCN(CC)C(=O)OC(C)(C)C. The predicted octanol–water partition coefficient (Wildman–Crippen LogP) is 1.42. The molecule has 0 unspecified atom stereocenters. The summed E-state index contributed by atoms with van der Waals surface area (Å²) in [6, 6.07) is 0. The van der Waals surface area contributed by atoms with Crippen molar-refractivity contribution in [2.24, 2.45) is 4.99 Å². The van der Waals surface area contributed by atoms with Crippen molar-refractivity contribution in [1.29, 1.82) is 0 Å². The third-order valence-corrected chi connectivity index (χ3v) is 3.88. The number of hydrogen-bond donors (Lipinski definition) is 2. The van der Waals surface area contributed by atoms with Crippen LogP contribution in [0.4, 0.5) is 4.79 Å². The number of nitrogens with one attached hydrogen (secondary N) is 2. The van der Waals surface area contributed by atoms with E-state index in [2.05, 4.69) is 15.6 Å². The van der Waals surface area contributed by atoms with E-state index in [1.165, 1.54) is 0 Å². The van der Waals surface area contributed by atoms with Gasteiger partial charge in [0.15, 0.2) is 5.96 Å². The third kappa shape index (κ3) is 8.40. The number of likely N-dealkylation sites (tertiary alicyclic amines) is 1. The minimum atomic E-state index is -0.510. The number of ether oxygens (including phenoxy) is 1. The van der Waals surface area contributed by atoms with Crippen molar-refractivity contribution >= 4 is 18.0 Å². The molecule has 0 aromatic carbocycles. The molecule has 1 aliphatic rings. The van der Waals surface area contributed by atoms with Crippen LogP contribution in [-0.2, 0) is 9.53 Å². The highest BCUT2D eigenvalue weighted by molar-refractivity contribution is 5.85. The van der Waals surface area contributed by atoms with Gasteiger partial charge in [0.05, 0.1) is 0 Å². The Morgan fingerprint density at radius 1 is 1.15 bits per heavy atom. The standard InChI is InChI=1S/C18H35N5O3/c1-6-19-16(21-14-15(24)23-11-8-9-12-23)20-10-13-22(7-2)17(25)26-18(3,4)5/h6-14H2,1-5H3,(H2,19,20,21). The summed E-state index contributed by atoms with van der Waals surface area (Å²) in [5.74, 6) is 0.643. The highest BCUT2D eigenvalue weighted by Crippen LogP contribution is 2.09. The number of nitrogens with zero attached hydrogens (tertiary/aromatic N) is 3. The molecule has 0 atom stereocenters. The van der Waals surface area contributed by atoms with Crippen molar-refractivity contribution in [3.8, 4) is 0 Å². The first kappa shape index (κ1) is 22.1. The van der Waals surface area contributed by atoms with E-state index < -0.39 is 5.60 Å². The first-order valence-corrected chi connectivity index (χ1v) is 9.54. The molecule has 1 aliphatic heterocycles. The van der Waals surface area contributed by atoms with Crippen LogP contribution in [0.5, 0.6) is 0 Å². The zero-order chi connectivity index (χ0) is 19.6. The van der Waals surface area contributed by atoms with E-state index in [9.17, 15) is 9.59 Å². The monoisotopic (exact) mass is 369 g/mol. The zero-order valence-corrected chi connectivity index (χ0v) is 16.9. The van der Waals surface area contributed by atoms with Crippen molar-refractivity contribution in [2.75, 3.05) is 45.8 Å². The predicted molar refractivity (Wildman–Crippen MR) is 103 cm³/mol. The fraction of sp³-hybridized carbons (Fsp3) is 0.833. The minimum absolute atomic E-state index is 0.0589. The van der Waals surface area contributed by atoms with Gasteiger partial charge in [-0.05, 0) is 47.5 Å². The molecule has 0 spiro atoms. The van der Waals surface area contributed by atoms with E-state index in [4.69, 9.17) is 4.74 Å². The number of rotatable bonds is 7. The molecule has 1 rings (SSSR count). The fourth-order valence-electron chi connectivity index (χ4n) is 2.57. The molecular weight excluding hydrogens is 334 g/mol. The molecule has 2 N–H and O–H groups in total. The van der Waals surface area contributed by atoms with Gasteiger partial charge in [0.2, 0.25) is 5.91 Å². The number of aliphatic imine (C=N–C) groups is 1. The normalized spacial score (nSPS) is 15.0. The van der Waals surface area contributed by atoms with Gasteiger partial charge in [-0.2, -0.15) is 0 Å². The molecule has 1 heterocycles. The van der Waals surface area contributed by atoms with Crippen LogP contribution in [0.1, 0.15) is 47.5 Å². The van der Waals surface area contributed by atoms with E-state index in [1.807, 2.05) is 39.5 Å². The molecule has 0 bridgehead atoms. The number of carbonyl (C=O) groups excluding carboxylic acids is 2. The Morgan fingerprint density at radius 2 is 1.81 bits per heavy atom. The molecule has 0 aromatic heterocycles. The topological polar surface area (TPSA) is 86.3 Å². The Morgan fingerprint density at radius 3 is 2.35 bits per heavy atom. The maximum atomic E-state index is 12.1. The second kappa shape index (κ2) is 10.9. The Bertz CT molecular complexity index is 482.